The smallest absolute Gasteiger partial charge is 0.310 e. The first-order chi connectivity index (χ1) is 9.57. The van der Waals surface area contributed by atoms with Crippen molar-refractivity contribution in [2.45, 2.75) is 39.2 Å². The van der Waals surface area contributed by atoms with Crippen molar-refractivity contribution < 1.29 is 9.90 Å². The van der Waals surface area contributed by atoms with E-state index in [0.29, 0.717) is 6.54 Å². The number of piperidine rings is 1. The van der Waals surface area contributed by atoms with E-state index in [4.69, 9.17) is 11.6 Å². The van der Waals surface area contributed by atoms with Crippen molar-refractivity contribution >= 4 is 17.6 Å². The van der Waals surface area contributed by atoms with Gasteiger partial charge in [-0.2, -0.15) is 0 Å². The van der Waals surface area contributed by atoms with Crippen LogP contribution in [0, 0.1) is 5.41 Å². The highest BCUT2D eigenvalue weighted by molar-refractivity contribution is 6.31. The third kappa shape index (κ3) is 3.33. The third-order valence-electron chi connectivity index (χ3n) is 4.19. The molecule has 1 aromatic rings. The maximum Gasteiger partial charge on any atom is 0.310 e. The van der Waals surface area contributed by atoms with Crippen LogP contribution in [0.3, 0.4) is 0 Å². The molecule has 2 rings (SSSR count). The Balaban J connectivity index is 2.10. The predicted molar refractivity (Wildman–Crippen MR) is 80.9 cm³/mol. The molecule has 1 N–H and O–H groups in total. The molecule has 0 radical (unpaired) electrons. The van der Waals surface area contributed by atoms with E-state index in [1.807, 2.05) is 24.3 Å². The summed E-state index contributed by atoms with van der Waals surface area (Å²) in [7, 11) is 0. The Morgan fingerprint density at radius 3 is 2.85 bits per heavy atom. The van der Waals surface area contributed by atoms with Crippen LogP contribution in [0.15, 0.2) is 24.3 Å². The van der Waals surface area contributed by atoms with Gasteiger partial charge in [0.2, 0.25) is 0 Å². The Hall–Kier alpha value is -1.06. The number of likely N-dealkylation sites (tertiary alicyclic amines) is 1. The molecule has 1 fully saturated rings. The average molecular weight is 296 g/mol. The molecule has 0 aromatic heterocycles. The van der Waals surface area contributed by atoms with Gasteiger partial charge in [-0.25, -0.2) is 0 Å². The first-order valence-electron chi connectivity index (χ1n) is 7.26. The lowest BCUT2D eigenvalue weighted by Gasteiger charge is -2.40. The molecule has 3 nitrogen and oxygen atoms in total. The van der Waals surface area contributed by atoms with Gasteiger partial charge in [0, 0.05) is 18.1 Å². The minimum atomic E-state index is -0.650. The number of nitrogens with zero attached hydrogens (tertiary/aromatic N) is 1. The van der Waals surface area contributed by atoms with Crippen molar-refractivity contribution in [2.75, 3.05) is 13.1 Å². The highest BCUT2D eigenvalue weighted by Gasteiger charge is 2.41. The Kier molecular flexibility index (Phi) is 5.06. The van der Waals surface area contributed by atoms with Crippen LogP contribution in [0.5, 0.6) is 0 Å². The van der Waals surface area contributed by atoms with E-state index in [-0.39, 0.29) is 0 Å². The number of carboxylic acids is 1. The van der Waals surface area contributed by atoms with Crippen LogP contribution in [-0.4, -0.2) is 29.1 Å². The average Bonchev–Trinajstić information content (AvgIpc) is 2.42. The van der Waals surface area contributed by atoms with E-state index in [0.717, 1.165) is 49.4 Å². The molecule has 1 aromatic carbocycles. The van der Waals surface area contributed by atoms with Crippen LogP contribution in [0.1, 0.15) is 38.2 Å². The summed E-state index contributed by atoms with van der Waals surface area (Å²) in [5, 5.41) is 10.4. The van der Waals surface area contributed by atoms with Crippen LogP contribution in [0.2, 0.25) is 5.02 Å². The molecule has 20 heavy (non-hydrogen) atoms. The van der Waals surface area contributed by atoms with Crippen LogP contribution >= 0.6 is 11.6 Å². The zero-order chi connectivity index (χ0) is 14.6. The summed E-state index contributed by atoms with van der Waals surface area (Å²) in [6.07, 6.45) is 3.39. The molecule has 1 heterocycles. The summed E-state index contributed by atoms with van der Waals surface area (Å²) in [5.74, 6) is -0.650. The number of carboxylic acid groups (broad SMARTS) is 1. The molecule has 0 bridgehead atoms. The van der Waals surface area contributed by atoms with Crippen LogP contribution in [0.4, 0.5) is 0 Å². The Morgan fingerprint density at radius 2 is 2.20 bits per heavy atom. The largest absolute Gasteiger partial charge is 0.481 e. The maximum atomic E-state index is 11.7. The number of hydrogen-bond donors (Lipinski definition) is 1. The van der Waals surface area contributed by atoms with Crippen LogP contribution in [-0.2, 0) is 11.3 Å². The van der Waals surface area contributed by atoms with Gasteiger partial charge in [0.1, 0.15) is 0 Å². The number of rotatable bonds is 5. The molecule has 0 aliphatic carbocycles. The summed E-state index contributed by atoms with van der Waals surface area (Å²) >= 11 is 6.20. The first-order valence-corrected chi connectivity index (χ1v) is 7.64. The highest BCUT2D eigenvalue weighted by Crippen LogP contribution is 2.36. The minimum Gasteiger partial charge on any atom is -0.481 e. The van der Waals surface area contributed by atoms with Gasteiger partial charge < -0.3 is 5.11 Å². The Labute approximate surface area is 125 Å². The molecule has 0 spiro atoms. The fourth-order valence-corrected chi connectivity index (χ4v) is 3.39. The second-order valence-corrected chi connectivity index (χ2v) is 6.15. The Bertz CT molecular complexity index is 473. The number of benzene rings is 1. The van der Waals surface area contributed by atoms with Crippen molar-refractivity contribution in [3.05, 3.63) is 34.9 Å². The predicted octanol–water partition coefficient (Wildman–Crippen LogP) is 3.81. The molecule has 110 valence electrons. The second kappa shape index (κ2) is 6.59. The van der Waals surface area contributed by atoms with Gasteiger partial charge >= 0.3 is 5.97 Å². The van der Waals surface area contributed by atoms with E-state index in [1.54, 1.807) is 0 Å². The van der Waals surface area contributed by atoms with E-state index < -0.39 is 11.4 Å². The zero-order valence-electron chi connectivity index (χ0n) is 11.9. The van der Waals surface area contributed by atoms with Gasteiger partial charge in [0.15, 0.2) is 0 Å². The molecule has 1 atom stereocenters. The summed E-state index contributed by atoms with van der Waals surface area (Å²) in [4.78, 5) is 13.9. The van der Waals surface area contributed by atoms with Gasteiger partial charge in [-0.3, -0.25) is 9.69 Å². The molecule has 1 aliphatic heterocycles. The topological polar surface area (TPSA) is 40.5 Å². The fourth-order valence-electron chi connectivity index (χ4n) is 3.19. The van der Waals surface area contributed by atoms with Crippen molar-refractivity contribution in [2.24, 2.45) is 5.41 Å². The number of hydrogen-bond acceptors (Lipinski definition) is 2. The minimum absolute atomic E-state index is 0.575. The van der Waals surface area contributed by atoms with E-state index in [1.165, 1.54) is 0 Å². The van der Waals surface area contributed by atoms with E-state index >= 15 is 0 Å². The first kappa shape index (κ1) is 15.3. The van der Waals surface area contributed by atoms with Gasteiger partial charge in [-0.1, -0.05) is 43.1 Å². The molecule has 0 saturated carbocycles. The van der Waals surface area contributed by atoms with Crippen LogP contribution in [0.25, 0.3) is 0 Å². The molecule has 4 heteroatoms. The van der Waals surface area contributed by atoms with Gasteiger partial charge in [0.05, 0.1) is 5.41 Å². The normalized spacial score (nSPS) is 23.7. The number of aliphatic carboxylic acids is 1. The molecule has 1 unspecified atom stereocenters. The standard InChI is InChI=1S/C16H22ClNO2/c1-2-8-16(15(19)20)9-5-10-18(12-16)11-13-6-3-4-7-14(13)17/h3-4,6-7H,2,5,8-12H2,1H3,(H,19,20). The van der Waals surface area contributed by atoms with Crippen molar-refractivity contribution in [1.82, 2.24) is 4.90 Å². The van der Waals surface area contributed by atoms with Crippen LogP contribution < -0.4 is 0 Å². The molecule has 1 saturated heterocycles. The summed E-state index contributed by atoms with van der Waals surface area (Å²) in [5.41, 5.74) is 0.501. The Morgan fingerprint density at radius 1 is 1.45 bits per heavy atom. The fraction of sp³-hybridized carbons (Fsp3) is 0.562. The third-order valence-corrected chi connectivity index (χ3v) is 4.56. The SMILES string of the molecule is CCCC1(C(=O)O)CCCN(Cc2ccccc2Cl)C1. The van der Waals surface area contributed by atoms with Gasteiger partial charge in [-0.15, -0.1) is 0 Å². The van der Waals surface area contributed by atoms with Gasteiger partial charge in [-0.05, 0) is 37.4 Å². The van der Waals surface area contributed by atoms with E-state index in [2.05, 4.69) is 11.8 Å². The summed E-state index contributed by atoms with van der Waals surface area (Å²) in [6.45, 7) is 4.36. The van der Waals surface area contributed by atoms with Crippen molar-refractivity contribution in [3.63, 3.8) is 0 Å². The maximum absolute atomic E-state index is 11.7. The lowest BCUT2D eigenvalue weighted by atomic mass is 9.76. The van der Waals surface area contributed by atoms with Gasteiger partial charge in [0.25, 0.3) is 0 Å². The lowest BCUT2D eigenvalue weighted by Crippen LogP contribution is -2.47. The molecular weight excluding hydrogens is 274 g/mol. The second-order valence-electron chi connectivity index (χ2n) is 5.74. The number of halogens is 1. The quantitative estimate of drug-likeness (QED) is 0.898. The zero-order valence-corrected chi connectivity index (χ0v) is 12.7. The monoisotopic (exact) mass is 295 g/mol. The molecular formula is C16H22ClNO2. The molecule has 1 aliphatic rings. The molecule has 0 amide bonds. The summed E-state index contributed by atoms with van der Waals surface area (Å²) < 4.78 is 0. The summed E-state index contributed by atoms with van der Waals surface area (Å²) in [6, 6.07) is 7.79. The number of carbonyl (C=O) groups is 1. The van der Waals surface area contributed by atoms with Crippen molar-refractivity contribution in [1.29, 1.82) is 0 Å². The van der Waals surface area contributed by atoms with E-state index in [9.17, 15) is 9.90 Å². The van der Waals surface area contributed by atoms with Crippen molar-refractivity contribution in [3.8, 4) is 0 Å². The lowest BCUT2D eigenvalue weighted by molar-refractivity contribution is -0.153. The highest BCUT2D eigenvalue weighted by atomic mass is 35.5.